The van der Waals surface area contributed by atoms with Crippen molar-refractivity contribution in [2.75, 3.05) is 26.4 Å². The van der Waals surface area contributed by atoms with Gasteiger partial charge in [-0.25, -0.2) is 9.59 Å². The molecule has 6 heteroatoms. The van der Waals surface area contributed by atoms with Crippen molar-refractivity contribution < 1.29 is 28.4 Å². The van der Waals surface area contributed by atoms with Crippen LogP contribution in [0.15, 0.2) is 12.3 Å². The molecule has 0 aliphatic carbocycles. The van der Waals surface area contributed by atoms with Crippen LogP contribution in [0.3, 0.4) is 0 Å². The van der Waals surface area contributed by atoms with Crippen LogP contribution in [0.2, 0.25) is 0 Å². The lowest BCUT2D eigenvalue weighted by Gasteiger charge is -2.11. The fourth-order valence-electron chi connectivity index (χ4n) is 1.47. The fourth-order valence-corrected chi connectivity index (χ4v) is 1.47. The number of hydrogen-bond acceptors (Lipinski definition) is 5. The molecule has 0 aromatic heterocycles. The van der Waals surface area contributed by atoms with Crippen LogP contribution >= 0.6 is 0 Å². The lowest BCUT2D eigenvalue weighted by atomic mass is 10.4. The van der Waals surface area contributed by atoms with Crippen molar-refractivity contribution in [1.82, 2.24) is 0 Å². The lowest BCUT2D eigenvalue weighted by molar-refractivity contribution is -0.440. The molecular formula is C13H20NO5+. The molecule has 6 nitrogen and oxygen atoms in total. The summed E-state index contributed by atoms with van der Waals surface area (Å²) in [7, 11) is 0. The van der Waals surface area contributed by atoms with Gasteiger partial charge in [0.1, 0.15) is 12.8 Å². The topological polar surface area (TPSA) is 64.8 Å². The summed E-state index contributed by atoms with van der Waals surface area (Å²) in [6, 6.07) is 0. The molecule has 1 heterocycles. The third-order valence-corrected chi connectivity index (χ3v) is 2.40. The maximum Gasteiger partial charge on any atom is 0.373 e. The summed E-state index contributed by atoms with van der Waals surface area (Å²) in [6.07, 6.45) is 5.50. The molecule has 0 fully saturated rings. The van der Waals surface area contributed by atoms with Gasteiger partial charge in [0.15, 0.2) is 12.3 Å². The van der Waals surface area contributed by atoms with E-state index in [1.807, 2.05) is 19.2 Å². The summed E-state index contributed by atoms with van der Waals surface area (Å²) in [6.45, 7) is 4.53. The van der Waals surface area contributed by atoms with Crippen molar-refractivity contribution in [2.45, 2.75) is 26.4 Å². The molecule has 1 aliphatic heterocycles. The summed E-state index contributed by atoms with van der Waals surface area (Å²) in [4.78, 5) is 23.0. The van der Waals surface area contributed by atoms with Gasteiger partial charge < -0.3 is 14.2 Å². The Hall–Kier alpha value is -1.69. The molecule has 0 saturated heterocycles. The first kappa shape index (κ1) is 15.4. The molecule has 0 N–H and O–H groups in total. The van der Waals surface area contributed by atoms with Crippen LogP contribution in [-0.2, 0) is 23.8 Å². The Morgan fingerprint density at radius 1 is 1.37 bits per heavy atom. The minimum atomic E-state index is -0.902. The van der Waals surface area contributed by atoms with E-state index < -0.39 is 18.0 Å². The number of carbonyl (C=O) groups excluding carboxylic acids is 2. The first-order chi connectivity index (χ1) is 9.13. The summed E-state index contributed by atoms with van der Waals surface area (Å²) >= 11 is 0. The number of hydrogen-bond donors (Lipinski definition) is 0. The SMILES string of the molecule is CCOCCOC(=O)C(C)OC(=O)C[N+]1=CCC=C1. The molecule has 0 bridgehead atoms. The predicted octanol–water partition coefficient (Wildman–Crippen LogP) is 0.498. The Morgan fingerprint density at radius 2 is 2.16 bits per heavy atom. The summed E-state index contributed by atoms with van der Waals surface area (Å²) in [5.41, 5.74) is 0. The summed E-state index contributed by atoms with van der Waals surface area (Å²) in [5, 5.41) is 0. The summed E-state index contributed by atoms with van der Waals surface area (Å²) < 4.78 is 16.6. The van der Waals surface area contributed by atoms with E-state index in [-0.39, 0.29) is 13.2 Å². The highest BCUT2D eigenvalue weighted by atomic mass is 16.6. The Kier molecular flexibility index (Phi) is 6.81. The lowest BCUT2D eigenvalue weighted by Crippen LogP contribution is -2.30. The Morgan fingerprint density at radius 3 is 2.79 bits per heavy atom. The quantitative estimate of drug-likeness (QED) is 0.365. The number of nitrogens with zero attached hydrogens (tertiary/aromatic N) is 1. The van der Waals surface area contributed by atoms with E-state index in [1.165, 1.54) is 6.92 Å². The molecular weight excluding hydrogens is 250 g/mol. The monoisotopic (exact) mass is 270 g/mol. The number of ether oxygens (including phenoxy) is 3. The zero-order valence-corrected chi connectivity index (χ0v) is 11.3. The van der Waals surface area contributed by atoms with Gasteiger partial charge in [0.2, 0.25) is 6.54 Å². The third-order valence-electron chi connectivity index (χ3n) is 2.40. The average molecular weight is 270 g/mol. The molecule has 1 unspecified atom stereocenters. The van der Waals surface area contributed by atoms with Gasteiger partial charge in [-0.3, -0.25) is 0 Å². The van der Waals surface area contributed by atoms with Gasteiger partial charge in [0.25, 0.3) is 0 Å². The van der Waals surface area contributed by atoms with Crippen molar-refractivity contribution >= 4 is 18.2 Å². The van der Waals surface area contributed by atoms with E-state index >= 15 is 0 Å². The van der Waals surface area contributed by atoms with Crippen LogP contribution in [0.4, 0.5) is 0 Å². The highest BCUT2D eigenvalue weighted by Crippen LogP contribution is 1.98. The molecule has 0 spiro atoms. The van der Waals surface area contributed by atoms with Crippen molar-refractivity contribution in [2.24, 2.45) is 0 Å². The van der Waals surface area contributed by atoms with Gasteiger partial charge in [-0.2, -0.15) is 4.58 Å². The smallest absolute Gasteiger partial charge is 0.373 e. The van der Waals surface area contributed by atoms with E-state index in [0.29, 0.717) is 13.2 Å². The number of esters is 2. The second kappa shape index (κ2) is 8.42. The zero-order valence-electron chi connectivity index (χ0n) is 11.3. The number of carbonyl (C=O) groups is 2. The zero-order chi connectivity index (χ0) is 14.1. The minimum absolute atomic E-state index is 0.104. The molecule has 19 heavy (non-hydrogen) atoms. The van der Waals surface area contributed by atoms with Crippen molar-refractivity contribution in [3.8, 4) is 0 Å². The largest absolute Gasteiger partial charge is 0.461 e. The highest BCUT2D eigenvalue weighted by molar-refractivity contribution is 5.79. The maximum absolute atomic E-state index is 11.5. The first-order valence-corrected chi connectivity index (χ1v) is 6.33. The normalized spacial score (nSPS) is 14.9. The van der Waals surface area contributed by atoms with Gasteiger partial charge in [-0.1, -0.05) is 0 Å². The van der Waals surface area contributed by atoms with E-state index in [2.05, 4.69) is 0 Å². The minimum Gasteiger partial charge on any atom is -0.461 e. The number of rotatable bonds is 8. The molecule has 1 rings (SSSR count). The molecule has 0 aromatic rings. The molecule has 0 saturated carbocycles. The predicted molar refractivity (Wildman–Crippen MR) is 68.0 cm³/mol. The second-order valence-electron chi connectivity index (χ2n) is 3.97. The van der Waals surface area contributed by atoms with Gasteiger partial charge >= 0.3 is 11.9 Å². The third kappa shape index (κ3) is 6.15. The van der Waals surface area contributed by atoms with Crippen LogP contribution in [0.1, 0.15) is 20.3 Å². The molecule has 1 aliphatic rings. The standard InChI is InChI=1S/C13H20NO5/c1-3-17-8-9-18-13(16)11(2)19-12(15)10-14-6-4-5-7-14/h4,6-7,11H,3,5,8-10H2,1-2H3/q+1. The molecule has 106 valence electrons. The molecule has 0 amide bonds. The second-order valence-corrected chi connectivity index (χ2v) is 3.97. The Balaban J connectivity index is 2.21. The fraction of sp³-hybridized carbons (Fsp3) is 0.615. The van der Waals surface area contributed by atoms with Crippen molar-refractivity contribution in [3.05, 3.63) is 12.3 Å². The van der Waals surface area contributed by atoms with Crippen LogP contribution in [0.5, 0.6) is 0 Å². The van der Waals surface area contributed by atoms with Crippen LogP contribution in [0.25, 0.3) is 0 Å². The number of allylic oxidation sites excluding steroid dienone is 1. The Bertz CT molecular complexity index is 375. The van der Waals surface area contributed by atoms with E-state index in [9.17, 15) is 9.59 Å². The first-order valence-electron chi connectivity index (χ1n) is 6.33. The van der Waals surface area contributed by atoms with Gasteiger partial charge in [-0.05, 0) is 19.9 Å². The average Bonchev–Trinajstić information content (AvgIpc) is 2.86. The van der Waals surface area contributed by atoms with Gasteiger partial charge in [0, 0.05) is 13.0 Å². The van der Waals surface area contributed by atoms with E-state index in [1.54, 1.807) is 10.8 Å². The molecule has 0 radical (unpaired) electrons. The van der Waals surface area contributed by atoms with Crippen molar-refractivity contribution in [3.63, 3.8) is 0 Å². The maximum atomic E-state index is 11.5. The van der Waals surface area contributed by atoms with Crippen LogP contribution in [-0.4, -0.2) is 55.2 Å². The van der Waals surface area contributed by atoms with Crippen LogP contribution in [0, 0.1) is 0 Å². The van der Waals surface area contributed by atoms with Gasteiger partial charge in [0.05, 0.1) is 6.61 Å². The van der Waals surface area contributed by atoms with Crippen LogP contribution < -0.4 is 0 Å². The summed E-state index contributed by atoms with van der Waals surface area (Å²) in [5.74, 6) is -1.02. The Labute approximate surface area is 112 Å². The van der Waals surface area contributed by atoms with Gasteiger partial charge in [-0.15, -0.1) is 0 Å². The van der Waals surface area contributed by atoms with Crippen molar-refractivity contribution in [1.29, 1.82) is 0 Å². The highest BCUT2D eigenvalue weighted by Gasteiger charge is 2.22. The van der Waals surface area contributed by atoms with E-state index in [4.69, 9.17) is 14.2 Å². The van der Waals surface area contributed by atoms with E-state index in [0.717, 1.165) is 6.42 Å². The molecule has 0 aromatic carbocycles. The molecule has 1 atom stereocenters.